The maximum absolute atomic E-state index is 8.89. The third-order valence-electron chi connectivity index (χ3n) is 2.98. The van der Waals surface area contributed by atoms with Crippen LogP contribution in [-0.2, 0) is 4.74 Å². The smallest absolute Gasteiger partial charge is 0.0813 e. The summed E-state index contributed by atoms with van der Waals surface area (Å²) in [6.07, 6.45) is 6.97. The van der Waals surface area contributed by atoms with Crippen molar-refractivity contribution in [2.45, 2.75) is 44.3 Å². The highest BCUT2D eigenvalue weighted by Gasteiger charge is 2.35. The fraction of sp³-hybridized carbons (Fsp3) is 1.00. The van der Waals surface area contributed by atoms with Crippen LogP contribution in [0.3, 0.4) is 0 Å². The zero-order valence-corrected chi connectivity index (χ0v) is 6.83. The van der Waals surface area contributed by atoms with E-state index in [9.17, 15) is 0 Å². The molecule has 0 amide bonds. The minimum atomic E-state index is 0.156. The summed E-state index contributed by atoms with van der Waals surface area (Å²) < 4.78 is 5.66. The summed E-state index contributed by atoms with van der Waals surface area (Å²) in [5.74, 6) is 0.765. The van der Waals surface area contributed by atoms with E-state index >= 15 is 0 Å². The van der Waals surface area contributed by atoms with Gasteiger partial charge < -0.3 is 9.84 Å². The van der Waals surface area contributed by atoms with E-state index < -0.39 is 0 Å². The zero-order valence-electron chi connectivity index (χ0n) is 6.83. The third kappa shape index (κ3) is 1.42. The Labute approximate surface area is 67.6 Å². The summed E-state index contributed by atoms with van der Waals surface area (Å²) in [5.41, 5.74) is 0. The lowest BCUT2D eigenvalue weighted by Gasteiger charge is -2.23. The summed E-state index contributed by atoms with van der Waals surface area (Å²) in [5, 5.41) is 8.89. The van der Waals surface area contributed by atoms with Crippen LogP contribution in [0.1, 0.15) is 32.1 Å². The van der Waals surface area contributed by atoms with Crippen molar-refractivity contribution in [2.24, 2.45) is 5.92 Å². The lowest BCUT2D eigenvalue weighted by atomic mass is 9.85. The van der Waals surface area contributed by atoms with E-state index in [2.05, 4.69) is 0 Å². The van der Waals surface area contributed by atoms with Crippen LogP contribution >= 0.6 is 0 Å². The number of hydrogen-bond donors (Lipinski definition) is 1. The fourth-order valence-corrected chi connectivity index (χ4v) is 2.38. The molecule has 0 spiro atoms. The molecule has 0 aromatic rings. The highest BCUT2D eigenvalue weighted by molar-refractivity contribution is 4.84. The third-order valence-corrected chi connectivity index (χ3v) is 2.98. The lowest BCUT2D eigenvalue weighted by molar-refractivity contribution is -0.00558. The molecule has 0 unspecified atom stereocenters. The standard InChI is InChI=1S/C9H16O2/c10-6-8-5-7-3-1-2-4-9(7)11-8/h7-10H,1-6H2/t7-,8+,9+/m1/s1. The van der Waals surface area contributed by atoms with Crippen LogP contribution in [0.4, 0.5) is 0 Å². The molecule has 0 radical (unpaired) electrons. The molecule has 0 aromatic carbocycles. The van der Waals surface area contributed by atoms with Crippen LogP contribution in [0.15, 0.2) is 0 Å². The number of aliphatic hydroxyl groups is 1. The second-order valence-corrected chi connectivity index (χ2v) is 3.76. The predicted octanol–water partition coefficient (Wildman–Crippen LogP) is 1.33. The topological polar surface area (TPSA) is 29.5 Å². The van der Waals surface area contributed by atoms with Gasteiger partial charge in [0.2, 0.25) is 0 Å². The van der Waals surface area contributed by atoms with E-state index in [1.807, 2.05) is 0 Å². The maximum Gasteiger partial charge on any atom is 0.0813 e. The monoisotopic (exact) mass is 156 g/mol. The van der Waals surface area contributed by atoms with E-state index in [-0.39, 0.29) is 12.7 Å². The Balaban J connectivity index is 1.92. The Bertz CT molecular complexity index is 122. The van der Waals surface area contributed by atoms with Crippen molar-refractivity contribution in [1.29, 1.82) is 0 Å². The van der Waals surface area contributed by atoms with Gasteiger partial charge >= 0.3 is 0 Å². The van der Waals surface area contributed by atoms with E-state index in [4.69, 9.17) is 9.84 Å². The highest BCUT2D eigenvalue weighted by atomic mass is 16.5. The van der Waals surface area contributed by atoms with E-state index in [1.165, 1.54) is 25.7 Å². The molecule has 1 aliphatic heterocycles. The first-order valence-corrected chi connectivity index (χ1v) is 4.66. The van der Waals surface area contributed by atoms with Crippen LogP contribution in [0.25, 0.3) is 0 Å². The molecule has 11 heavy (non-hydrogen) atoms. The summed E-state index contributed by atoms with van der Waals surface area (Å²) in [6.45, 7) is 0.215. The minimum Gasteiger partial charge on any atom is -0.394 e. The number of hydrogen-bond acceptors (Lipinski definition) is 2. The zero-order chi connectivity index (χ0) is 7.68. The molecular formula is C9H16O2. The number of aliphatic hydroxyl groups excluding tert-OH is 1. The van der Waals surface area contributed by atoms with Crippen LogP contribution in [0.2, 0.25) is 0 Å². The van der Waals surface area contributed by atoms with Gasteiger partial charge in [0.05, 0.1) is 18.8 Å². The molecule has 1 aliphatic carbocycles. The molecule has 1 heterocycles. The predicted molar refractivity (Wildman–Crippen MR) is 42.3 cm³/mol. The van der Waals surface area contributed by atoms with E-state index in [1.54, 1.807) is 0 Å². The molecular weight excluding hydrogens is 140 g/mol. The fourth-order valence-electron chi connectivity index (χ4n) is 2.38. The average molecular weight is 156 g/mol. The van der Waals surface area contributed by atoms with E-state index in [0.717, 1.165) is 12.3 Å². The van der Waals surface area contributed by atoms with Gasteiger partial charge in [0.1, 0.15) is 0 Å². The van der Waals surface area contributed by atoms with Gasteiger partial charge in [-0.25, -0.2) is 0 Å². The molecule has 2 aliphatic rings. The second kappa shape index (κ2) is 3.11. The largest absolute Gasteiger partial charge is 0.394 e. The lowest BCUT2D eigenvalue weighted by Crippen LogP contribution is -2.20. The first-order valence-electron chi connectivity index (χ1n) is 4.66. The summed E-state index contributed by atoms with van der Waals surface area (Å²) >= 11 is 0. The molecule has 2 nitrogen and oxygen atoms in total. The highest BCUT2D eigenvalue weighted by Crippen LogP contribution is 2.36. The Morgan fingerprint density at radius 2 is 2.09 bits per heavy atom. The van der Waals surface area contributed by atoms with Crippen molar-refractivity contribution < 1.29 is 9.84 Å². The molecule has 1 N–H and O–H groups in total. The van der Waals surface area contributed by atoms with E-state index in [0.29, 0.717) is 6.10 Å². The molecule has 1 saturated carbocycles. The molecule has 2 rings (SSSR count). The minimum absolute atomic E-state index is 0.156. The van der Waals surface area contributed by atoms with Crippen molar-refractivity contribution in [1.82, 2.24) is 0 Å². The molecule has 0 bridgehead atoms. The normalized spacial score (nSPS) is 43.9. The van der Waals surface area contributed by atoms with Crippen LogP contribution < -0.4 is 0 Å². The van der Waals surface area contributed by atoms with Crippen LogP contribution in [0, 0.1) is 5.92 Å². The summed E-state index contributed by atoms with van der Waals surface area (Å²) in [4.78, 5) is 0. The molecule has 1 saturated heterocycles. The SMILES string of the molecule is OC[C@@H]1C[C@H]2CCCC[C@@H]2O1. The summed E-state index contributed by atoms with van der Waals surface area (Å²) in [6, 6.07) is 0. The van der Waals surface area contributed by atoms with Crippen molar-refractivity contribution >= 4 is 0 Å². The number of fused-ring (bicyclic) bond motifs is 1. The van der Waals surface area contributed by atoms with Crippen molar-refractivity contribution in [3.05, 3.63) is 0 Å². The molecule has 2 heteroatoms. The molecule has 64 valence electrons. The Hall–Kier alpha value is -0.0800. The van der Waals surface area contributed by atoms with Crippen molar-refractivity contribution in [3.63, 3.8) is 0 Å². The number of rotatable bonds is 1. The molecule has 2 fully saturated rings. The summed E-state index contributed by atoms with van der Waals surface area (Å²) in [7, 11) is 0. The first kappa shape index (κ1) is 7.56. The van der Waals surface area contributed by atoms with Crippen molar-refractivity contribution in [3.8, 4) is 0 Å². The van der Waals surface area contributed by atoms with Gasteiger partial charge in [-0.3, -0.25) is 0 Å². The van der Waals surface area contributed by atoms with Gasteiger partial charge in [-0.1, -0.05) is 12.8 Å². The Morgan fingerprint density at radius 1 is 1.27 bits per heavy atom. The van der Waals surface area contributed by atoms with Crippen LogP contribution in [0.5, 0.6) is 0 Å². The Kier molecular flexibility index (Phi) is 2.14. The van der Waals surface area contributed by atoms with Gasteiger partial charge in [0, 0.05) is 0 Å². The Morgan fingerprint density at radius 3 is 2.82 bits per heavy atom. The number of ether oxygens (including phenoxy) is 1. The molecule has 0 aromatic heterocycles. The maximum atomic E-state index is 8.89. The van der Waals surface area contributed by atoms with Crippen molar-refractivity contribution in [2.75, 3.05) is 6.61 Å². The van der Waals surface area contributed by atoms with Gasteiger partial charge in [0.25, 0.3) is 0 Å². The average Bonchev–Trinajstić information content (AvgIpc) is 2.46. The van der Waals surface area contributed by atoms with Gasteiger partial charge in [-0.15, -0.1) is 0 Å². The van der Waals surface area contributed by atoms with Gasteiger partial charge in [-0.05, 0) is 25.2 Å². The molecule has 3 atom stereocenters. The second-order valence-electron chi connectivity index (χ2n) is 3.76. The van der Waals surface area contributed by atoms with Gasteiger partial charge in [-0.2, -0.15) is 0 Å². The van der Waals surface area contributed by atoms with Gasteiger partial charge in [0.15, 0.2) is 0 Å². The first-order chi connectivity index (χ1) is 5.40. The quantitative estimate of drug-likeness (QED) is 0.620. The van der Waals surface area contributed by atoms with Crippen LogP contribution in [-0.4, -0.2) is 23.9 Å².